The SMILES string of the molecule is [2H]c1c([2H])c([2H])c2c(-c3ccc4cccc5c4c3Oc3ccccc3-5)c3c([2H])c([2H])c([2H])c([2H])c3c(-c3ccccc3)c2c1[2H]. The summed E-state index contributed by atoms with van der Waals surface area (Å²) in [5, 5.41) is 2.39. The van der Waals surface area contributed by atoms with Crippen LogP contribution in [0.1, 0.15) is 11.0 Å². The predicted molar refractivity (Wildman–Crippen MR) is 155 cm³/mol. The van der Waals surface area contributed by atoms with E-state index >= 15 is 0 Å². The minimum atomic E-state index is -0.436. The Morgan fingerprint density at radius 2 is 1.11 bits per heavy atom. The van der Waals surface area contributed by atoms with Crippen LogP contribution < -0.4 is 4.74 Å². The maximum atomic E-state index is 9.21. The molecule has 0 radical (unpaired) electrons. The van der Waals surface area contributed by atoms with E-state index in [0.717, 1.165) is 21.9 Å². The van der Waals surface area contributed by atoms with Crippen LogP contribution in [-0.2, 0) is 0 Å². The van der Waals surface area contributed by atoms with Crippen molar-refractivity contribution < 1.29 is 15.7 Å². The second kappa shape index (κ2) is 7.81. The third-order valence-electron chi connectivity index (χ3n) is 7.09. The summed E-state index contributed by atoms with van der Waals surface area (Å²) >= 11 is 0. The van der Waals surface area contributed by atoms with E-state index in [2.05, 4.69) is 0 Å². The van der Waals surface area contributed by atoms with Gasteiger partial charge in [0.1, 0.15) is 11.5 Å². The molecule has 1 nitrogen and oxygen atoms in total. The Balaban J connectivity index is 1.69. The van der Waals surface area contributed by atoms with Crippen LogP contribution in [0.2, 0.25) is 0 Å². The summed E-state index contributed by atoms with van der Waals surface area (Å²) in [5.74, 6) is 1.07. The van der Waals surface area contributed by atoms with Gasteiger partial charge in [0.05, 0.1) is 11.0 Å². The fraction of sp³-hybridized carbons (Fsp3) is 0. The molecule has 1 aliphatic rings. The fourth-order valence-electron chi connectivity index (χ4n) is 5.55. The van der Waals surface area contributed by atoms with Crippen LogP contribution in [0.3, 0.4) is 0 Å². The maximum Gasteiger partial charge on any atom is 0.143 e. The molecule has 0 bridgehead atoms. The van der Waals surface area contributed by atoms with Crippen molar-refractivity contribution in [3.8, 4) is 44.9 Å². The summed E-state index contributed by atoms with van der Waals surface area (Å²) in [5.41, 5.74) is 3.47. The van der Waals surface area contributed by atoms with E-state index in [1.807, 2.05) is 60.7 Å². The Kier molecular flexibility index (Phi) is 2.96. The summed E-state index contributed by atoms with van der Waals surface area (Å²) in [4.78, 5) is 0. The topological polar surface area (TPSA) is 9.23 Å². The standard InChI is InChI=1S/C36H22O/c1-2-11-23(12-3-1)33-27-15-4-6-17-29(27)35(30-18-7-5-16-28(30)33)31-22-21-24-13-10-19-26-25-14-8-9-20-32(25)37-36(31)34(24)26/h1-22H/i4D,5D,6D,7D,15D,16D,17D,18D. The lowest BCUT2D eigenvalue weighted by atomic mass is 9.84. The molecule has 0 fully saturated rings. The number of hydrogen-bond acceptors (Lipinski definition) is 1. The third-order valence-corrected chi connectivity index (χ3v) is 7.09. The highest BCUT2D eigenvalue weighted by Crippen LogP contribution is 2.53. The molecule has 7 aromatic carbocycles. The first kappa shape index (κ1) is 14.0. The molecule has 0 N–H and O–H groups in total. The predicted octanol–water partition coefficient (Wildman–Crippen LogP) is 10.3. The van der Waals surface area contributed by atoms with E-state index in [1.165, 1.54) is 0 Å². The molecular formula is C36H22O. The van der Waals surface area contributed by atoms with E-state index in [1.54, 1.807) is 24.3 Å². The van der Waals surface area contributed by atoms with Crippen LogP contribution in [0.4, 0.5) is 0 Å². The molecule has 0 unspecified atom stereocenters. The van der Waals surface area contributed by atoms with Gasteiger partial charge in [-0.25, -0.2) is 0 Å². The average molecular weight is 479 g/mol. The van der Waals surface area contributed by atoms with Gasteiger partial charge in [-0.15, -0.1) is 0 Å². The molecule has 1 heterocycles. The van der Waals surface area contributed by atoms with Crippen LogP contribution in [-0.4, -0.2) is 0 Å². The number of rotatable bonds is 2. The quantitative estimate of drug-likeness (QED) is 0.225. The molecule has 0 aromatic heterocycles. The molecule has 37 heavy (non-hydrogen) atoms. The van der Waals surface area contributed by atoms with Gasteiger partial charge in [-0.1, -0.05) is 121 Å². The lowest BCUT2D eigenvalue weighted by Gasteiger charge is -2.25. The summed E-state index contributed by atoms with van der Waals surface area (Å²) < 4.78 is 77.9. The second-order valence-electron chi connectivity index (χ2n) is 9.06. The van der Waals surface area contributed by atoms with Gasteiger partial charge in [-0.3, -0.25) is 0 Å². The highest BCUT2D eigenvalue weighted by atomic mass is 16.5. The van der Waals surface area contributed by atoms with Crippen LogP contribution in [0.25, 0.3) is 65.7 Å². The highest BCUT2D eigenvalue weighted by molar-refractivity contribution is 6.23. The molecule has 7 aromatic rings. The van der Waals surface area contributed by atoms with Gasteiger partial charge in [-0.2, -0.15) is 0 Å². The summed E-state index contributed by atoms with van der Waals surface area (Å²) in [7, 11) is 0. The van der Waals surface area contributed by atoms with Crippen molar-refractivity contribution in [2.45, 2.75) is 0 Å². The Morgan fingerprint density at radius 1 is 0.486 bits per heavy atom. The van der Waals surface area contributed by atoms with E-state index in [9.17, 15) is 2.74 Å². The number of hydrogen-bond donors (Lipinski definition) is 0. The Hall–Kier alpha value is -4.88. The number of fused-ring (bicyclic) bond motifs is 4. The molecule has 8 rings (SSSR count). The van der Waals surface area contributed by atoms with E-state index in [4.69, 9.17) is 13.0 Å². The monoisotopic (exact) mass is 478 g/mol. The molecule has 1 aliphatic heterocycles. The van der Waals surface area contributed by atoms with Gasteiger partial charge in [0.25, 0.3) is 0 Å². The highest BCUT2D eigenvalue weighted by Gasteiger charge is 2.25. The maximum absolute atomic E-state index is 9.21. The zero-order valence-corrected chi connectivity index (χ0v) is 19.5. The molecule has 0 saturated carbocycles. The average Bonchev–Trinajstić information content (AvgIpc) is 3.07. The largest absolute Gasteiger partial charge is 0.455 e. The lowest BCUT2D eigenvalue weighted by molar-refractivity contribution is 0.489. The van der Waals surface area contributed by atoms with E-state index in [0.29, 0.717) is 28.2 Å². The van der Waals surface area contributed by atoms with Crippen LogP contribution in [0.15, 0.2) is 133 Å². The molecule has 0 spiro atoms. The van der Waals surface area contributed by atoms with E-state index in [-0.39, 0.29) is 51.3 Å². The molecule has 0 aliphatic carbocycles. The van der Waals surface area contributed by atoms with Gasteiger partial charge < -0.3 is 4.74 Å². The van der Waals surface area contributed by atoms with Crippen LogP contribution >= 0.6 is 0 Å². The smallest absolute Gasteiger partial charge is 0.143 e. The number of benzene rings is 7. The first-order chi connectivity index (χ1) is 21.7. The Labute approximate surface area is 226 Å². The van der Waals surface area contributed by atoms with E-state index < -0.39 is 24.2 Å². The number of ether oxygens (including phenoxy) is 1. The van der Waals surface area contributed by atoms with Crippen molar-refractivity contribution in [2.75, 3.05) is 0 Å². The van der Waals surface area contributed by atoms with Crippen molar-refractivity contribution in [2.24, 2.45) is 0 Å². The van der Waals surface area contributed by atoms with Crippen LogP contribution in [0, 0.1) is 0 Å². The first-order valence-corrected chi connectivity index (χ1v) is 12.1. The minimum Gasteiger partial charge on any atom is -0.455 e. The Morgan fingerprint density at radius 3 is 1.84 bits per heavy atom. The summed E-state index contributed by atoms with van der Waals surface area (Å²) in [6.45, 7) is 0. The molecule has 0 amide bonds. The molecule has 1 heteroatoms. The zero-order valence-electron chi connectivity index (χ0n) is 27.5. The second-order valence-corrected chi connectivity index (χ2v) is 9.06. The summed E-state index contributed by atoms with van der Waals surface area (Å²) in [6.07, 6.45) is 0. The minimum absolute atomic E-state index is 0.160. The van der Waals surface area contributed by atoms with Gasteiger partial charge in [-0.05, 0) is 55.8 Å². The lowest BCUT2D eigenvalue weighted by Crippen LogP contribution is -1.99. The van der Waals surface area contributed by atoms with Crippen molar-refractivity contribution in [1.82, 2.24) is 0 Å². The molecule has 0 atom stereocenters. The fourth-order valence-corrected chi connectivity index (χ4v) is 5.55. The molecule has 0 saturated heterocycles. The van der Waals surface area contributed by atoms with Crippen LogP contribution in [0.5, 0.6) is 11.5 Å². The van der Waals surface area contributed by atoms with Gasteiger partial charge >= 0.3 is 0 Å². The van der Waals surface area contributed by atoms with Gasteiger partial charge in [0.2, 0.25) is 0 Å². The van der Waals surface area contributed by atoms with Crippen molar-refractivity contribution >= 4 is 32.3 Å². The Bertz CT molecular complexity index is 2360. The normalized spacial score (nSPS) is 15.0. The first-order valence-electron chi connectivity index (χ1n) is 16.1. The third kappa shape index (κ3) is 2.92. The van der Waals surface area contributed by atoms with Crippen molar-refractivity contribution in [1.29, 1.82) is 0 Å². The van der Waals surface area contributed by atoms with Crippen molar-refractivity contribution in [3.05, 3.63) is 133 Å². The molecule has 172 valence electrons. The summed E-state index contributed by atoms with van der Waals surface area (Å²) in [6, 6.07) is 23.4. The number of para-hydroxylation sites is 1. The van der Waals surface area contributed by atoms with Gasteiger partial charge in [0, 0.05) is 22.1 Å². The zero-order chi connectivity index (χ0) is 31.3. The molecular weight excluding hydrogens is 448 g/mol. The van der Waals surface area contributed by atoms with Gasteiger partial charge in [0.15, 0.2) is 0 Å². The van der Waals surface area contributed by atoms with Crippen molar-refractivity contribution in [3.63, 3.8) is 0 Å².